The van der Waals surface area contributed by atoms with Gasteiger partial charge < -0.3 is 9.64 Å². The molecule has 2 aromatic rings. The molecule has 28 heavy (non-hydrogen) atoms. The predicted molar refractivity (Wildman–Crippen MR) is 112 cm³/mol. The Morgan fingerprint density at radius 1 is 1.14 bits per heavy atom. The molecule has 7 heteroatoms. The van der Waals surface area contributed by atoms with Gasteiger partial charge in [0.1, 0.15) is 5.75 Å². The molecule has 0 radical (unpaired) electrons. The second kappa shape index (κ2) is 8.37. The van der Waals surface area contributed by atoms with Crippen LogP contribution in [0, 0.1) is 0 Å². The largest absolute Gasteiger partial charge is 0.484 e. The minimum absolute atomic E-state index is 0.133. The summed E-state index contributed by atoms with van der Waals surface area (Å²) in [4.78, 5) is 14.4. The number of amides is 1. The van der Waals surface area contributed by atoms with Crippen molar-refractivity contribution in [1.29, 1.82) is 0 Å². The second-order valence-corrected chi connectivity index (χ2v) is 9.35. The fourth-order valence-electron chi connectivity index (χ4n) is 3.01. The summed E-state index contributed by atoms with van der Waals surface area (Å²) >= 11 is 5.86. The van der Waals surface area contributed by atoms with E-state index in [0.29, 0.717) is 22.4 Å². The summed E-state index contributed by atoms with van der Waals surface area (Å²) in [6, 6.07) is 13.7. The van der Waals surface area contributed by atoms with Gasteiger partial charge in [0.25, 0.3) is 5.91 Å². The van der Waals surface area contributed by atoms with E-state index in [1.165, 1.54) is 10.3 Å². The number of ether oxygens (including phenoxy) is 1. The van der Waals surface area contributed by atoms with Gasteiger partial charge >= 0.3 is 0 Å². The molecule has 0 saturated heterocycles. The Kier molecular flexibility index (Phi) is 6.10. The Balaban J connectivity index is 1.82. The van der Waals surface area contributed by atoms with Gasteiger partial charge in [0, 0.05) is 16.1 Å². The third-order valence-corrected chi connectivity index (χ3v) is 6.16. The first-order valence-corrected chi connectivity index (χ1v) is 11.1. The van der Waals surface area contributed by atoms with E-state index >= 15 is 0 Å². The van der Waals surface area contributed by atoms with Gasteiger partial charge in [0.05, 0.1) is 11.8 Å². The number of benzene rings is 2. The average molecular weight is 420 g/mol. The van der Waals surface area contributed by atoms with Gasteiger partial charge in [-0.3, -0.25) is 4.79 Å². The van der Waals surface area contributed by atoms with Crippen LogP contribution in [0.2, 0.25) is 5.02 Å². The molecule has 0 unspecified atom stereocenters. The van der Waals surface area contributed by atoms with Crippen LogP contribution >= 0.6 is 11.6 Å². The Hall–Kier alpha value is -2.31. The Morgan fingerprint density at radius 2 is 1.79 bits per heavy atom. The number of carbonyl (C=O) groups excluding carboxylic acids is 1. The lowest BCUT2D eigenvalue weighted by Gasteiger charge is -2.28. The number of anilines is 1. The first-order chi connectivity index (χ1) is 13.2. The van der Waals surface area contributed by atoms with Gasteiger partial charge in [-0.15, -0.1) is 0 Å². The van der Waals surface area contributed by atoms with Crippen LogP contribution in [0.4, 0.5) is 5.69 Å². The zero-order valence-electron chi connectivity index (χ0n) is 15.7. The fourth-order valence-corrected chi connectivity index (χ4v) is 4.40. The third kappa shape index (κ3) is 4.94. The molecular weight excluding hydrogens is 398 g/mol. The summed E-state index contributed by atoms with van der Waals surface area (Å²) in [7, 11) is -3.31. The Labute approximate surface area is 170 Å². The molecule has 0 aromatic heterocycles. The fraction of sp³-hybridized carbons (Fsp3) is 0.286. The molecule has 5 nitrogen and oxygen atoms in total. The van der Waals surface area contributed by atoms with Crippen molar-refractivity contribution in [3.8, 4) is 5.75 Å². The van der Waals surface area contributed by atoms with E-state index in [1.807, 2.05) is 24.3 Å². The summed E-state index contributed by atoms with van der Waals surface area (Å²) < 4.78 is 29.3. The maximum Gasteiger partial charge on any atom is 0.265 e. The first-order valence-electron chi connectivity index (χ1n) is 8.96. The minimum atomic E-state index is -3.31. The predicted octanol–water partition coefficient (Wildman–Crippen LogP) is 4.19. The van der Waals surface area contributed by atoms with Crippen molar-refractivity contribution in [1.82, 2.24) is 0 Å². The third-order valence-electron chi connectivity index (χ3n) is 4.53. The number of nitrogens with zero attached hydrogens (tertiary/aromatic N) is 1. The van der Waals surface area contributed by atoms with E-state index in [0.717, 1.165) is 5.56 Å². The van der Waals surface area contributed by atoms with Crippen LogP contribution in [-0.4, -0.2) is 32.7 Å². The van der Waals surface area contributed by atoms with E-state index in [4.69, 9.17) is 16.3 Å². The Bertz CT molecular complexity index is 966. The van der Waals surface area contributed by atoms with E-state index in [1.54, 1.807) is 30.3 Å². The molecule has 2 aromatic carbocycles. The molecule has 0 aliphatic carbocycles. The number of hydrogen-bond acceptors (Lipinski definition) is 4. The maximum absolute atomic E-state index is 12.9. The first kappa shape index (κ1) is 20.4. The number of halogens is 1. The molecule has 3 rings (SSSR count). The summed E-state index contributed by atoms with van der Waals surface area (Å²) in [5.41, 5.74) is 1.78. The smallest absolute Gasteiger partial charge is 0.265 e. The van der Waals surface area contributed by atoms with Crippen molar-refractivity contribution in [3.63, 3.8) is 0 Å². The average Bonchev–Trinajstić information content (AvgIpc) is 3.01. The lowest BCUT2D eigenvalue weighted by Crippen LogP contribution is -2.43. The molecule has 1 aliphatic rings. The zero-order chi connectivity index (χ0) is 20.3. The highest BCUT2D eigenvalue weighted by atomic mass is 35.5. The van der Waals surface area contributed by atoms with Gasteiger partial charge in [0.2, 0.25) is 0 Å². The number of sulfone groups is 1. The monoisotopic (exact) mass is 419 g/mol. The molecule has 1 heterocycles. The number of hydrogen-bond donors (Lipinski definition) is 0. The molecule has 1 amide bonds. The highest BCUT2D eigenvalue weighted by molar-refractivity contribution is 7.94. The van der Waals surface area contributed by atoms with E-state index < -0.39 is 15.9 Å². The van der Waals surface area contributed by atoms with E-state index in [-0.39, 0.29) is 18.3 Å². The lowest BCUT2D eigenvalue weighted by molar-refractivity contribution is -0.120. The summed E-state index contributed by atoms with van der Waals surface area (Å²) in [6.07, 6.45) is 1.55. The van der Waals surface area contributed by atoms with Crippen LogP contribution in [0.3, 0.4) is 0 Å². The normalized spacial score (nSPS) is 17.6. The van der Waals surface area contributed by atoms with Crippen molar-refractivity contribution < 1.29 is 17.9 Å². The molecular formula is C21H22ClNO4S. The second-order valence-electron chi connectivity index (χ2n) is 6.98. The van der Waals surface area contributed by atoms with Gasteiger partial charge in [0.15, 0.2) is 16.4 Å². The molecule has 1 aliphatic heterocycles. The van der Waals surface area contributed by atoms with Crippen molar-refractivity contribution in [2.45, 2.75) is 25.8 Å². The van der Waals surface area contributed by atoms with Gasteiger partial charge in [-0.25, -0.2) is 8.42 Å². The van der Waals surface area contributed by atoms with Gasteiger partial charge in [-0.1, -0.05) is 37.6 Å². The quantitative estimate of drug-likeness (QED) is 0.704. The van der Waals surface area contributed by atoms with Crippen LogP contribution in [-0.2, 0) is 14.6 Å². The van der Waals surface area contributed by atoms with Crippen LogP contribution < -0.4 is 9.64 Å². The molecule has 1 atom stereocenters. The summed E-state index contributed by atoms with van der Waals surface area (Å²) in [5.74, 6) is 0.422. The highest BCUT2D eigenvalue weighted by Crippen LogP contribution is 2.26. The lowest BCUT2D eigenvalue weighted by atomic mass is 10.0. The van der Waals surface area contributed by atoms with E-state index in [2.05, 4.69) is 13.8 Å². The molecule has 148 valence electrons. The van der Waals surface area contributed by atoms with Crippen molar-refractivity contribution >= 4 is 33.0 Å². The molecule has 0 fully saturated rings. The van der Waals surface area contributed by atoms with Crippen LogP contribution in [0.25, 0.3) is 0 Å². The highest BCUT2D eigenvalue weighted by Gasteiger charge is 2.31. The molecule has 0 spiro atoms. The van der Waals surface area contributed by atoms with Crippen LogP contribution in [0.5, 0.6) is 5.75 Å². The number of rotatable bonds is 6. The van der Waals surface area contributed by atoms with Crippen LogP contribution in [0.1, 0.15) is 25.3 Å². The molecule has 0 bridgehead atoms. The number of carbonyl (C=O) groups is 1. The van der Waals surface area contributed by atoms with Crippen LogP contribution in [0.15, 0.2) is 60.0 Å². The standard InChI is InChI=1S/C21H22ClNO4S/c1-15(2)16-3-7-18(8-4-16)23(19-11-12-28(25,26)14-19)21(24)13-27-20-9-5-17(22)6-10-20/h3-12,15,19H,13-14H2,1-2H3/t19-/m1/s1. The topological polar surface area (TPSA) is 63.7 Å². The molecule has 0 N–H and O–H groups in total. The van der Waals surface area contributed by atoms with Crippen molar-refractivity contribution in [2.75, 3.05) is 17.3 Å². The van der Waals surface area contributed by atoms with Crippen molar-refractivity contribution in [3.05, 3.63) is 70.6 Å². The van der Waals surface area contributed by atoms with Gasteiger partial charge in [-0.2, -0.15) is 0 Å². The summed E-state index contributed by atoms with van der Waals surface area (Å²) in [5, 5.41) is 1.74. The van der Waals surface area contributed by atoms with Crippen molar-refractivity contribution in [2.24, 2.45) is 0 Å². The molecule has 0 saturated carbocycles. The Morgan fingerprint density at radius 3 is 2.32 bits per heavy atom. The minimum Gasteiger partial charge on any atom is -0.484 e. The maximum atomic E-state index is 12.9. The SMILES string of the molecule is CC(C)c1ccc(N(C(=O)COc2ccc(Cl)cc2)[C@@H]2C=CS(=O)(=O)C2)cc1. The van der Waals surface area contributed by atoms with E-state index in [9.17, 15) is 13.2 Å². The van der Waals surface area contributed by atoms with Gasteiger partial charge in [-0.05, 0) is 54.0 Å². The summed E-state index contributed by atoms with van der Waals surface area (Å²) in [6.45, 7) is 3.96. The zero-order valence-corrected chi connectivity index (χ0v) is 17.3.